The number of benzene rings is 1. The third kappa shape index (κ3) is 3.22. The maximum Gasteiger partial charge on any atom is 0.416 e. The molecule has 128 valence electrons. The van der Waals surface area contributed by atoms with Gasteiger partial charge < -0.3 is 10.2 Å². The van der Waals surface area contributed by atoms with Crippen LogP contribution in [0, 0.1) is 0 Å². The van der Waals surface area contributed by atoms with Crippen molar-refractivity contribution in [2.24, 2.45) is 7.05 Å². The Bertz CT molecular complexity index is 748. The van der Waals surface area contributed by atoms with Crippen LogP contribution in [0.25, 0.3) is 0 Å². The standard InChI is InChI=1S/C16H17F3N4O/c1-22-14(6-7-20-22)15(24)21-12-10-11(16(17,18)19)4-5-13(12)23-8-2-3-9-23/h4-7,10H,2-3,8-9H2,1H3,(H,21,24). The summed E-state index contributed by atoms with van der Waals surface area (Å²) in [7, 11) is 1.60. The first-order valence-electron chi connectivity index (χ1n) is 7.62. The molecule has 0 unspecified atom stereocenters. The van der Waals surface area contributed by atoms with Crippen LogP contribution in [0.3, 0.4) is 0 Å². The quantitative estimate of drug-likeness (QED) is 0.934. The fraction of sp³-hybridized carbons (Fsp3) is 0.375. The predicted octanol–water partition coefficient (Wildman–Crippen LogP) is 3.29. The second-order valence-electron chi connectivity index (χ2n) is 5.72. The van der Waals surface area contributed by atoms with E-state index in [4.69, 9.17) is 0 Å². The number of aromatic nitrogens is 2. The van der Waals surface area contributed by atoms with Crippen LogP contribution < -0.4 is 10.2 Å². The molecular formula is C16H17F3N4O. The van der Waals surface area contributed by atoms with E-state index in [-0.39, 0.29) is 11.4 Å². The number of amides is 1. The highest BCUT2D eigenvalue weighted by Crippen LogP contribution is 2.36. The lowest BCUT2D eigenvalue weighted by Gasteiger charge is -2.23. The molecule has 0 atom stereocenters. The molecule has 1 aromatic carbocycles. The van der Waals surface area contributed by atoms with Crippen LogP contribution in [0.1, 0.15) is 28.9 Å². The first-order chi connectivity index (χ1) is 11.4. The molecule has 0 bridgehead atoms. The van der Waals surface area contributed by atoms with Crippen LogP contribution >= 0.6 is 0 Å². The van der Waals surface area contributed by atoms with E-state index in [2.05, 4.69) is 10.4 Å². The van der Waals surface area contributed by atoms with Gasteiger partial charge in [-0.1, -0.05) is 0 Å². The van der Waals surface area contributed by atoms with Gasteiger partial charge in [-0.15, -0.1) is 0 Å². The first kappa shape index (κ1) is 16.4. The van der Waals surface area contributed by atoms with Crippen LogP contribution in [-0.4, -0.2) is 28.8 Å². The van der Waals surface area contributed by atoms with Gasteiger partial charge >= 0.3 is 6.18 Å². The molecule has 1 amide bonds. The average Bonchev–Trinajstić information content (AvgIpc) is 3.17. The van der Waals surface area contributed by atoms with Crippen LogP contribution in [0.5, 0.6) is 0 Å². The van der Waals surface area contributed by atoms with Gasteiger partial charge in [-0.3, -0.25) is 9.48 Å². The lowest BCUT2D eigenvalue weighted by Crippen LogP contribution is -2.23. The van der Waals surface area contributed by atoms with Crippen molar-refractivity contribution < 1.29 is 18.0 Å². The molecule has 1 aliphatic heterocycles. The topological polar surface area (TPSA) is 50.2 Å². The first-order valence-corrected chi connectivity index (χ1v) is 7.62. The number of anilines is 2. The van der Waals surface area contributed by atoms with Crippen molar-refractivity contribution in [2.75, 3.05) is 23.3 Å². The molecule has 1 N–H and O–H groups in total. The highest BCUT2D eigenvalue weighted by molar-refractivity contribution is 6.05. The van der Waals surface area contributed by atoms with Gasteiger partial charge in [-0.05, 0) is 37.1 Å². The molecule has 2 aromatic rings. The van der Waals surface area contributed by atoms with Crippen LogP contribution in [0.2, 0.25) is 0 Å². The van der Waals surface area contributed by atoms with Crippen molar-refractivity contribution in [3.63, 3.8) is 0 Å². The molecule has 24 heavy (non-hydrogen) atoms. The lowest BCUT2D eigenvalue weighted by atomic mass is 10.1. The van der Waals surface area contributed by atoms with Crippen LogP contribution in [0.4, 0.5) is 24.5 Å². The van der Waals surface area contributed by atoms with E-state index in [9.17, 15) is 18.0 Å². The molecule has 0 radical (unpaired) electrons. The second-order valence-corrected chi connectivity index (χ2v) is 5.72. The summed E-state index contributed by atoms with van der Waals surface area (Å²) in [5, 5.41) is 6.50. The van der Waals surface area contributed by atoms with E-state index in [1.54, 1.807) is 7.05 Å². The van der Waals surface area contributed by atoms with E-state index >= 15 is 0 Å². The van der Waals surface area contributed by atoms with E-state index in [0.29, 0.717) is 5.69 Å². The normalized spacial score (nSPS) is 14.9. The number of hydrogen-bond donors (Lipinski definition) is 1. The zero-order valence-corrected chi connectivity index (χ0v) is 13.1. The summed E-state index contributed by atoms with van der Waals surface area (Å²) >= 11 is 0. The molecule has 0 saturated carbocycles. The maximum atomic E-state index is 13.0. The molecule has 8 heteroatoms. The number of nitrogens with zero attached hydrogens (tertiary/aromatic N) is 3. The minimum atomic E-state index is -4.46. The van der Waals surface area contributed by atoms with Gasteiger partial charge in [0.05, 0.1) is 16.9 Å². The molecule has 1 saturated heterocycles. The molecule has 0 spiro atoms. The van der Waals surface area contributed by atoms with E-state index in [0.717, 1.165) is 38.1 Å². The third-order valence-electron chi connectivity index (χ3n) is 4.07. The van der Waals surface area contributed by atoms with E-state index < -0.39 is 17.6 Å². The van der Waals surface area contributed by atoms with Gasteiger partial charge in [-0.25, -0.2) is 0 Å². The van der Waals surface area contributed by atoms with Crippen molar-refractivity contribution in [3.05, 3.63) is 41.7 Å². The molecule has 1 aromatic heterocycles. The Balaban J connectivity index is 1.96. The minimum absolute atomic E-state index is 0.165. The van der Waals surface area contributed by atoms with Gasteiger partial charge in [-0.2, -0.15) is 18.3 Å². The summed E-state index contributed by atoms with van der Waals surface area (Å²) in [5.74, 6) is -0.491. The summed E-state index contributed by atoms with van der Waals surface area (Å²) < 4.78 is 40.4. The summed E-state index contributed by atoms with van der Waals surface area (Å²) in [4.78, 5) is 14.3. The fourth-order valence-electron chi connectivity index (χ4n) is 2.83. The Morgan fingerprint density at radius 3 is 2.50 bits per heavy atom. The van der Waals surface area contributed by atoms with Crippen LogP contribution in [-0.2, 0) is 13.2 Å². The van der Waals surface area contributed by atoms with Gasteiger partial charge in [0.15, 0.2) is 0 Å². The number of carbonyl (C=O) groups is 1. The van der Waals surface area contributed by atoms with Gasteiger partial charge in [0.1, 0.15) is 5.69 Å². The highest BCUT2D eigenvalue weighted by atomic mass is 19.4. The largest absolute Gasteiger partial charge is 0.416 e. The Kier molecular flexibility index (Phi) is 4.21. The molecular weight excluding hydrogens is 321 g/mol. The number of rotatable bonds is 3. The molecule has 2 heterocycles. The van der Waals surface area contributed by atoms with Gasteiger partial charge in [0.2, 0.25) is 0 Å². The Morgan fingerprint density at radius 2 is 1.92 bits per heavy atom. The Morgan fingerprint density at radius 1 is 1.21 bits per heavy atom. The summed E-state index contributed by atoms with van der Waals surface area (Å²) in [5.41, 5.74) is 0.263. The molecule has 1 fully saturated rings. The SMILES string of the molecule is Cn1nccc1C(=O)Nc1cc(C(F)(F)F)ccc1N1CCCC1. The smallest absolute Gasteiger partial charge is 0.370 e. The number of hydrogen-bond acceptors (Lipinski definition) is 3. The van der Waals surface area contributed by atoms with Gasteiger partial charge in [0.25, 0.3) is 5.91 Å². The van der Waals surface area contributed by atoms with Crippen molar-refractivity contribution >= 4 is 17.3 Å². The monoisotopic (exact) mass is 338 g/mol. The van der Waals surface area contributed by atoms with Crippen molar-refractivity contribution in [2.45, 2.75) is 19.0 Å². The zero-order chi connectivity index (χ0) is 17.3. The maximum absolute atomic E-state index is 13.0. The highest BCUT2D eigenvalue weighted by Gasteiger charge is 2.32. The van der Waals surface area contributed by atoms with Crippen molar-refractivity contribution in [1.29, 1.82) is 0 Å². The number of nitrogens with one attached hydrogen (secondary N) is 1. The fourth-order valence-corrected chi connectivity index (χ4v) is 2.83. The van der Waals surface area contributed by atoms with Crippen molar-refractivity contribution in [3.8, 4) is 0 Å². The van der Waals surface area contributed by atoms with Gasteiger partial charge in [0, 0.05) is 26.3 Å². The lowest BCUT2D eigenvalue weighted by molar-refractivity contribution is -0.137. The minimum Gasteiger partial charge on any atom is -0.370 e. The molecule has 0 aliphatic carbocycles. The summed E-state index contributed by atoms with van der Waals surface area (Å²) in [6, 6.07) is 4.97. The average molecular weight is 338 g/mol. The number of aryl methyl sites for hydroxylation is 1. The Hall–Kier alpha value is -2.51. The van der Waals surface area contributed by atoms with Crippen LogP contribution in [0.15, 0.2) is 30.5 Å². The van der Waals surface area contributed by atoms with E-state index in [1.165, 1.54) is 23.0 Å². The molecule has 1 aliphatic rings. The third-order valence-corrected chi connectivity index (χ3v) is 4.07. The Labute approximate surface area is 137 Å². The summed E-state index contributed by atoms with van der Waals surface area (Å²) in [6.45, 7) is 1.53. The summed E-state index contributed by atoms with van der Waals surface area (Å²) in [6.07, 6.45) is -1.04. The number of halogens is 3. The zero-order valence-electron chi connectivity index (χ0n) is 13.1. The van der Waals surface area contributed by atoms with E-state index in [1.807, 2.05) is 4.90 Å². The number of alkyl halides is 3. The number of carbonyl (C=O) groups excluding carboxylic acids is 1. The van der Waals surface area contributed by atoms with Crippen molar-refractivity contribution in [1.82, 2.24) is 9.78 Å². The molecule has 3 rings (SSSR count). The molecule has 5 nitrogen and oxygen atoms in total. The predicted molar refractivity (Wildman–Crippen MR) is 84.1 cm³/mol. The second kappa shape index (κ2) is 6.18.